The molecule has 1 rings (SSSR count). The Bertz CT molecular complexity index is 600. The van der Waals surface area contributed by atoms with Gasteiger partial charge in [0, 0.05) is 19.6 Å². The summed E-state index contributed by atoms with van der Waals surface area (Å²) < 4.78 is 35.0. The van der Waals surface area contributed by atoms with Gasteiger partial charge in [0.25, 0.3) is 7.82 Å². The van der Waals surface area contributed by atoms with Gasteiger partial charge in [0.05, 0.1) is 40.0 Å². The molecule has 39 heavy (non-hydrogen) atoms. The van der Waals surface area contributed by atoms with E-state index in [9.17, 15) is 9.46 Å². The van der Waals surface area contributed by atoms with Crippen molar-refractivity contribution >= 4 is 7.82 Å². The average molecular weight is 578 g/mol. The van der Waals surface area contributed by atoms with Crippen molar-refractivity contribution < 1.29 is 32.9 Å². The Morgan fingerprint density at radius 3 is 1.85 bits per heavy atom. The first-order valence-electron chi connectivity index (χ1n) is 16.5. The molecular formula is C31H64NO6P. The smallest absolute Gasteiger partial charge is 0.268 e. The molecule has 1 aliphatic rings. The van der Waals surface area contributed by atoms with E-state index in [0.717, 1.165) is 25.8 Å². The fourth-order valence-electron chi connectivity index (χ4n) is 5.23. The lowest BCUT2D eigenvalue weighted by Gasteiger charge is -2.33. The molecule has 0 saturated carbocycles. The summed E-state index contributed by atoms with van der Waals surface area (Å²) in [7, 11) is -0.308. The summed E-state index contributed by atoms with van der Waals surface area (Å²) in [4.78, 5) is 13.7. The number of phosphoric acid groups is 1. The predicted molar refractivity (Wildman–Crippen MR) is 159 cm³/mol. The number of quaternary nitrogens is 1. The highest BCUT2D eigenvalue weighted by Gasteiger charge is 2.37. The first-order chi connectivity index (χ1) is 18.8. The van der Waals surface area contributed by atoms with Crippen molar-refractivity contribution in [2.24, 2.45) is 0 Å². The van der Waals surface area contributed by atoms with Crippen molar-refractivity contribution in [3.63, 3.8) is 0 Å². The highest BCUT2D eigenvalue weighted by atomic mass is 31.2. The zero-order valence-electron chi connectivity index (χ0n) is 26.2. The van der Waals surface area contributed by atoms with Crippen LogP contribution in [0.4, 0.5) is 0 Å². The van der Waals surface area contributed by atoms with Crippen LogP contribution in [0.5, 0.6) is 0 Å². The molecule has 0 radical (unpaired) electrons. The molecular weight excluding hydrogens is 513 g/mol. The van der Waals surface area contributed by atoms with E-state index < -0.39 is 13.4 Å². The Hall–Kier alpha value is -0.0100. The molecule has 1 heterocycles. The van der Waals surface area contributed by atoms with Gasteiger partial charge in [-0.2, -0.15) is 0 Å². The second-order valence-electron chi connectivity index (χ2n) is 12.1. The minimum absolute atomic E-state index is 0.0396. The summed E-state index contributed by atoms with van der Waals surface area (Å²) in [5, 5.41) is 0. The molecule has 7 nitrogen and oxygen atoms in total. The number of rotatable bonds is 28. The molecule has 0 aromatic rings. The minimum Gasteiger partial charge on any atom is -0.756 e. The maximum absolute atomic E-state index is 12.5. The number of hydrogen-bond donors (Lipinski definition) is 1. The standard InChI is InChI=1S/C31H64NO6P/c1-5-7-8-9-10-11-12-13-14-15-16-17-18-19-20-21-26-35-28-31(24-22-27-36-31)29-37-39(33,34)38-30(6-2)23-25-32(3)4/h30H,5-29H2,1-4H3,(H,33,34). The van der Waals surface area contributed by atoms with E-state index in [1.165, 1.54) is 101 Å². The van der Waals surface area contributed by atoms with Crippen LogP contribution in [0.15, 0.2) is 0 Å². The van der Waals surface area contributed by atoms with E-state index in [1.807, 2.05) is 21.0 Å². The van der Waals surface area contributed by atoms with Crippen LogP contribution < -0.4 is 9.79 Å². The highest BCUT2D eigenvalue weighted by molar-refractivity contribution is 7.45. The second kappa shape index (κ2) is 23.5. The fourth-order valence-corrected chi connectivity index (χ4v) is 6.30. The molecule has 0 aromatic carbocycles. The number of phosphoric ester groups is 1. The summed E-state index contributed by atoms with van der Waals surface area (Å²) >= 11 is 0. The van der Waals surface area contributed by atoms with Crippen LogP contribution >= 0.6 is 7.82 Å². The molecule has 0 aliphatic carbocycles. The third-order valence-electron chi connectivity index (χ3n) is 7.88. The van der Waals surface area contributed by atoms with Crippen LogP contribution in [-0.2, 0) is 23.1 Å². The summed E-state index contributed by atoms with van der Waals surface area (Å²) in [6.07, 6.45) is 24.2. The summed E-state index contributed by atoms with van der Waals surface area (Å²) in [6.45, 7) is 6.68. The Kier molecular flexibility index (Phi) is 22.3. The molecule has 3 atom stereocenters. The van der Waals surface area contributed by atoms with E-state index in [0.29, 0.717) is 32.7 Å². The largest absolute Gasteiger partial charge is 0.756 e. The Balaban J connectivity index is 2.06. The maximum atomic E-state index is 12.5. The average Bonchev–Trinajstić information content (AvgIpc) is 3.38. The fraction of sp³-hybridized carbons (Fsp3) is 1.00. The molecule has 0 aromatic heterocycles. The minimum atomic E-state index is -4.39. The molecule has 0 bridgehead atoms. The summed E-state index contributed by atoms with van der Waals surface area (Å²) in [5.74, 6) is 0. The van der Waals surface area contributed by atoms with Crippen LogP contribution in [0.3, 0.4) is 0 Å². The van der Waals surface area contributed by atoms with Gasteiger partial charge in [-0.1, -0.05) is 110 Å². The quantitative estimate of drug-likeness (QED) is 0.0831. The van der Waals surface area contributed by atoms with Crippen LogP contribution in [0, 0.1) is 0 Å². The van der Waals surface area contributed by atoms with Crippen LogP contribution in [0.25, 0.3) is 0 Å². The molecule has 8 heteroatoms. The van der Waals surface area contributed by atoms with Gasteiger partial charge in [-0.05, 0) is 25.7 Å². The predicted octanol–water partition coefficient (Wildman–Crippen LogP) is 6.63. The maximum Gasteiger partial charge on any atom is 0.268 e. The molecule has 3 unspecified atom stereocenters. The lowest BCUT2D eigenvalue weighted by atomic mass is 10.0. The number of nitrogens with one attached hydrogen (secondary N) is 1. The first-order valence-corrected chi connectivity index (χ1v) is 17.9. The van der Waals surface area contributed by atoms with Crippen molar-refractivity contribution in [1.29, 1.82) is 0 Å². The van der Waals surface area contributed by atoms with E-state index in [1.54, 1.807) is 0 Å². The Labute approximate surface area is 241 Å². The molecule has 1 aliphatic heterocycles. The van der Waals surface area contributed by atoms with Crippen molar-refractivity contribution in [1.82, 2.24) is 0 Å². The molecule has 0 spiro atoms. The Morgan fingerprint density at radius 2 is 1.38 bits per heavy atom. The van der Waals surface area contributed by atoms with Crippen LogP contribution in [0.2, 0.25) is 0 Å². The molecule has 1 N–H and O–H groups in total. The molecule has 1 fully saturated rings. The highest BCUT2D eigenvalue weighted by Crippen LogP contribution is 2.43. The van der Waals surface area contributed by atoms with Crippen molar-refractivity contribution in [3.8, 4) is 0 Å². The second-order valence-corrected chi connectivity index (χ2v) is 13.5. The van der Waals surface area contributed by atoms with Gasteiger partial charge >= 0.3 is 0 Å². The molecule has 234 valence electrons. The van der Waals surface area contributed by atoms with Crippen LogP contribution in [0.1, 0.15) is 142 Å². The summed E-state index contributed by atoms with van der Waals surface area (Å²) in [5.41, 5.74) is -0.687. The van der Waals surface area contributed by atoms with Crippen molar-refractivity contribution in [2.45, 2.75) is 154 Å². The zero-order chi connectivity index (χ0) is 28.7. The first kappa shape index (κ1) is 37.0. The van der Waals surface area contributed by atoms with E-state index >= 15 is 0 Å². The number of hydrogen-bond acceptors (Lipinski definition) is 6. The van der Waals surface area contributed by atoms with E-state index in [2.05, 4.69) is 6.92 Å². The monoisotopic (exact) mass is 577 g/mol. The number of ether oxygens (including phenoxy) is 2. The lowest BCUT2D eigenvalue weighted by Crippen LogP contribution is -3.05. The van der Waals surface area contributed by atoms with Crippen molar-refractivity contribution in [3.05, 3.63) is 0 Å². The van der Waals surface area contributed by atoms with Gasteiger partial charge in [-0.25, -0.2) is 0 Å². The van der Waals surface area contributed by atoms with Gasteiger partial charge in [0.15, 0.2) is 0 Å². The van der Waals surface area contributed by atoms with Gasteiger partial charge in [0.1, 0.15) is 5.60 Å². The number of unbranched alkanes of at least 4 members (excludes halogenated alkanes) is 15. The third kappa shape index (κ3) is 20.5. The van der Waals surface area contributed by atoms with Gasteiger partial charge < -0.3 is 28.3 Å². The van der Waals surface area contributed by atoms with E-state index in [4.69, 9.17) is 18.5 Å². The SMILES string of the molecule is CCCCCCCCCCCCCCCCCCOCC1(COP(=O)([O-])OC(CC)CC[NH+](C)C)CCCO1. The zero-order valence-corrected chi connectivity index (χ0v) is 27.0. The Morgan fingerprint density at radius 1 is 0.846 bits per heavy atom. The van der Waals surface area contributed by atoms with Crippen LogP contribution in [-0.4, -0.2) is 58.8 Å². The third-order valence-corrected chi connectivity index (χ3v) is 8.88. The van der Waals surface area contributed by atoms with Crippen molar-refractivity contribution in [2.75, 3.05) is 47.1 Å². The molecule has 0 amide bonds. The normalized spacial score (nSPS) is 20.1. The summed E-state index contributed by atoms with van der Waals surface area (Å²) in [6, 6.07) is 0. The van der Waals surface area contributed by atoms with Gasteiger partial charge in [-0.15, -0.1) is 0 Å². The van der Waals surface area contributed by atoms with E-state index in [-0.39, 0.29) is 12.7 Å². The van der Waals surface area contributed by atoms with Gasteiger partial charge in [0.2, 0.25) is 0 Å². The topological polar surface area (TPSA) is 81.5 Å². The lowest BCUT2D eigenvalue weighted by molar-refractivity contribution is -0.858. The molecule has 1 saturated heterocycles. The van der Waals surface area contributed by atoms with Gasteiger partial charge in [-0.3, -0.25) is 4.57 Å².